The maximum absolute atomic E-state index is 14.4. The molecule has 11 heteroatoms. The van der Waals surface area contributed by atoms with Gasteiger partial charge in [0.2, 0.25) is 5.95 Å². The smallest absolute Gasteiger partial charge is 0.330 e. The van der Waals surface area contributed by atoms with Crippen molar-refractivity contribution in [3.63, 3.8) is 0 Å². The van der Waals surface area contributed by atoms with Crippen LogP contribution < -0.4 is 10.4 Å². The lowest BCUT2D eigenvalue weighted by atomic mass is 10.00. The molecule has 4 heterocycles. The zero-order valence-electron chi connectivity index (χ0n) is 17.7. The Morgan fingerprint density at radius 3 is 2.85 bits per heavy atom. The molecule has 0 unspecified atom stereocenters. The lowest BCUT2D eigenvalue weighted by Gasteiger charge is -2.27. The number of ether oxygens (including phenoxy) is 1. The van der Waals surface area contributed by atoms with Crippen LogP contribution in [0.15, 0.2) is 47.7 Å². The summed E-state index contributed by atoms with van der Waals surface area (Å²) < 4.78 is 38.3. The van der Waals surface area contributed by atoms with Crippen LogP contribution in [0.5, 0.6) is 5.75 Å². The Balaban J connectivity index is 1.59. The second kappa shape index (κ2) is 7.21. The molecular weight excluding hydrogens is 444 g/mol. The molecule has 0 bridgehead atoms. The van der Waals surface area contributed by atoms with Crippen LogP contribution in [0.3, 0.4) is 0 Å². The Hall–Kier alpha value is -4.59. The number of nitrogens with zero attached hydrogens (tertiary/aromatic N) is 7. The number of nitriles is 1. The number of fused-ring (bicyclic) bond motifs is 3. The Labute approximate surface area is 190 Å². The van der Waals surface area contributed by atoms with Crippen LogP contribution in [0, 0.1) is 23.0 Å². The van der Waals surface area contributed by atoms with Crippen molar-refractivity contribution in [1.82, 2.24) is 28.7 Å². The molecule has 1 aliphatic heterocycles. The fraction of sp³-hybridized carbons (Fsp3) is 0.174. The van der Waals surface area contributed by atoms with Gasteiger partial charge in [0.1, 0.15) is 17.7 Å². The molecule has 168 valence electrons. The zero-order chi connectivity index (χ0) is 23.6. The Bertz CT molecular complexity index is 1730. The fourth-order valence-electron chi connectivity index (χ4n) is 4.44. The third kappa shape index (κ3) is 2.82. The monoisotopic (exact) mass is 459 g/mol. The van der Waals surface area contributed by atoms with E-state index in [1.165, 1.54) is 27.7 Å². The van der Waals surface area contributed by atoms with Gasteiger partial charge < -0.3 is 4.74 Å². The third-order valence-corrected chi connectivity index (χ3v) is 6.06. The summed E-state index contributed by atoms with van der Waals surface area (Å²) in [6.45, 7) is 0.157. The van der Waals surface area contributed by atoms with E-state index < -0.39 is 23.4 Å². The van der Waals surface area contributed by atoms with E-state index in [4.69, 9.17) is 4.74 Å². The molecular formula is C23H15F2N7O2. The number of benzene rings is 2. The van der Waals surface area contributed by atoms with Crippen molar-refractivity contribution in [2.45, 2.75) is 12.5 Å². The summed E-state index contributed by atoms with van der Waals surface area (Å²) in [5, 5.41) is 9.26. The highest BCUT2D eigenvalue weighted by molar-refractivity contribution is 5.79. The number of rotatable bonds is 2. The average Bonchev–Trinajstić information content (AvgIpc) is 3.37. The lowest BCUT2D eigenvalue weighted by molar-refractivity contribution is 0.242. The predicted octanol–water partition coefficient (Wildman–Crippen LogP) is 2.99. The summed E-state index contributed by atoms with van der Waals surface area (Å²) in [6, 6.07) is 8.42. The SMILES string of the molecule is Cn1c(=O)n([C@@H]2CCOc3c(F)cc(F)cc32)c2nc(-n3cnc4ccc(C#N)cc43)ncc21. The molecule has 9 nitrogen and oxygen atoms in total. The number of aromatic nitrogens is 6. The second-order valence-corrected chi connectivity index (χ2v) is 7.98. The molecule has 34 heavy (non-hydrogen) atoms. The molecule has 0 saturated carbocycles. The van der Waals surface area contributed by atoms with Gasteiger partial charge in [-0.1, -0.05) is 0 Å². The normalized spacial score (nSPS) is 15.3. The summed E-state index contributed by atoms with van der Waals surface area (Å²) in [4.78, 5) is 26.6. The summed E-state index contributed by atoms with van der Waals surface area (Å²) in [5.74, 6) is -1.40. The highest BCUT2D eigenvalue weighted by Gasteiger charge is 2.30. The third-order valence-electron chi connectivity index (χ3n) is 6.06. The quantitative estimate of drug-likeness (QED) is 0.402. The molecule has 3 aromatic heterocycles. The van der Waals surface area contributed by atoms with Crippen molar-refractivity contribution in [2.75, 3.05) is 6.61 Å². The van der Waals surface area contributed by atoms with Gasteiger partial charge in [-0.05, 0) is 24.3 Å². The van der Waals surface area contributed by atoms with Gasteiger partial charge in [-0.2, -0.15) is 10.2 Å². The highest BCUT2D eigenvalue weighted by Crippen LogP contribution is 2.37. The van der Waals surface area contributed by atoms with E-state index in [0.29, 0.717) is 34.2 Å². The van der Waals surface area contributed by atoms with E-state index in [0.717, 1.165) is 6.07 Å². The van der Waals surface area contributed by atoms with Crippen molar-refractivity contribution >= 4 is 22.2 Å². The molecule has 0 amide bonds. The first kappa shape index (κ1) is 20.0. The van der Waals surface area contributed by atoms with Crippen LogP contribution in [0.1, 0.15) is 23.6 Å². The Kier molecular flexibility index (Phi) is 4.25. The first-order valence-electron chi connectivity index (χ1n) is 10.4. The molecule has 1 atom stereocenters. The fourth-order valence-corrected chi connectivity index (χ4v) is 4.44. The summed E-state index contributed by atoms with van der Waals surface area (Å²) in [5.41, 5.74) is 2.34. The van der Waals surface area contributed by atoms with Crippen molar-refractivity contribution in [3.05, 3.63) is 76.1 Å². The molecule has 6 rings (SSSR count). The lowest BCUT2D eigenvalue weighted by Crippen LogP contribution is -2.30. The van der Waals surface area contributed by atoms with Crippen molar-refractivity contribution in [1.29, 1.82) is 5.26 Å². The summed E-state index contributed by atoms with van der Waals surface area (Å²) in [7, 11) is 1.59. The minimum atomic E-state index is -0.818. The molecule has 0 fully saturated rings. The van der Waals surface area contributed by atoms with Crippen molar-refractivity contribution in [3.8, 4) is 17.8 Å². The molecule has 0 aliphatic carbocycles. The molecule has 0 N–H and O–H groups in total. The minimum absolute atomic E-state index is 0.0690. The number of halogens is 2. The minimum Gasteiger partial charge on any atom is -0.490 e. The molecule has 0 saturated heterocycles. The summed E-state index contributed by atoms with van der Waals surface area (Å²) >= 11 is 0. The summed E-state index contributed by atoms with van der Waals surface area (Å²) in [6.07, 6.45) is 3.38. The van der Waals surface area contributed by atoms with E-state index in [1.807, 2.05) is 0 Å². The number of aryl methyl sites for hydroxylation is 1. The number of hydrogen-bond acceptors (Lipinski definition) is 6. The van der Waals surface area contributed by atoms with Crippen LogP contribution in [0.2, 0.25) is 0 Å². The van der Waals surface area contributed by atoms with Gasteiger partial charge in [0.15, 0.2) is 17.2 Å². The van der Waals surface area contributed by atoms with E-state index in [-0.39, 0.29) is 23.9 Å². The van der Waals surface area contributed by atoms with Crippen LogP contribution in [0.4, 0.5) is 8.78 Å². The molecule has 0 spiro atoms. The van der Waals surface area contributed by atoms with E-state index in [9.17, 15) is 18.8 Å². The largest absolute Gasteiger partial charge is 0.490 e. The van der Waals surface area contributed by atoms with Crippen molar-refractivity contribution < 1.29 is 13.5 Å². The van der Waals surface area contributed by atoms with Crippen molar-refractivity contribution in [2.24, 2.45) is 7.05 Å². The first-order valence-corrected chi connectivity index (χ1v) is 10.4. The van der Waals surface area contributed by atoms with Gasteiger partial charge in [-0.15, -0.1) is 0 Å². The molecule has 1 aliphatic rings. The van der Waals surface area contributed by atoms with Gasteiger partial charge in [-0.25, -0.2) is 23.5 Å². The van der Waals surface area contributed by atoms with Gasteiger partial charge in [0, 0.05) is 25.1 Å². The zero-order valence-corrected chi connectivity index (χ0v) is 17.7. The van der Waals surface area contributed by atoms with Crippen LogP contribution >= 0.6 is 0 Å². The van der Waals surface area contributed by atoms with Crippen LogP contribution in [-0.2, 0) is 7.05 Å². The maximum atomic E-state index is 14.4. The molecule has 2 aromatic carbocycles. The van der Waals surface area contributed by atoms with Gasteiger partial charge in [-0.3, -0.25) is 13.7 Å². The van der Waals surface area contributed by atoms with Gasteiger partial charge in [0.25, 0.3) is 0 Å². The molecule has 5 aromatic rings. The topological polar surface area (TPSA) is 104 Å². The average molecular weight is 459 g/mol. The maximum Gasteiger partial charge on any atom is 0.330 e. The van der Waals surface area contributed by atoms with E-state index in [2.05, 4.69) is 21.0 Å². The van der Waals surface area contributed by atoms with E-state index in [1.54, 1.807) is 29.8 Å². The van der Waals surface area contributed by atoms with Gasteiger partial charge in [0.05, 0.1) is 41.5 Å². The standard InChI is InChI=1S/C23H15F2N7O2/c1-30-19-10-27-22(31-11-28-16-3-2-12(9-26)6-18(16)31)29-21(19)32(23(30)33)17-4-5-34-20-14(17)7-13(24)8-15(20)25/h2-3,6-8,10-11,17H,4-5H2,1H3/t17-/m1/s1. The molecule has 0 radical (unpaired) electrons. The first-order chi connectivity index (χ1) is 16.5. The predicted molar refractivity (Wildman–Crippen MR) is 117 cm³/mol. The van der Waals surface area contributed by atoms with Crippen LogP contribution in [-0.4, -0.2) is 35.3 Å². The Morgan fingerprint density at radius 2 is 2.03 bits per heavy atom. The Morgan fingerprint density at radius 1 is 1.18 bits per heavy atom. The highest BCUT2D eigenvalue weighted by atomic mass is 19.1. The number of imidazole rings is 2. The van der Waals surface area contributed by atoms with E-state index >= 15 is 0 Å². The van der Waals surface area contributed by atoms with Crippen LogP contribution in [0.25, 0.3) is 28.1 Å². The number of hydrogen-bond donors (Lipinski definition) is 0. The second-order valence-electron chi connectivity index (χ2n) is 7.98. The van der Waals surface area contributed by atoms with Gasteiger partial charge >= 0.3 is 5.69 Å².